The summed E-state index contributed by atoms with van der Waals surface area (Å²) in [4.78, 5) is 21.7. The molecule has 0 aliphatic carbocycles. The Morgan fingerprint density at radius 1 is 1.16 bits per heavy atom. The van der Waals surface area contributed by atoms with Gasteiger partial charge in [0.2, 0.25) is 0 Å². The lowest BCUT2D eigenvalue weighted by atomic mass is 9.90. The highest BCUT2D eigenvalue weighted by atomic mass is 16.1. The van der Waals surface area contributed by atoms with Gasteiger partial charge in [-0.1, -0.05) is 30.3 Å². The predicted molar refractivity (Wildman–Crippen MR) is 97.5 cm³/mol. The zero-order valence-electron chi connectivity index (χ0n) is 14.2. The maximum Gasteiger partial charge on any atom is 0.262 e. The summed E-state index contributed by atoms with van der Waals surface area (Å²) >= 11 is 0. The number of fused-ring (bicyclic) bond motifs is 1. The van der Waals surface area contributed by atoms with Gasteiger partial charge in [0.05, 0.1) is 6.20 Å². The second kappa shape index (κ2) is 7.19. The number of piperidine rings is 1. The molecule has 0 atom stereocenters. The predicted octanol–water partition coefficient (Wildman–Crippen LogP) is 2.14. The van der Waals surface area contributed by atoms with Crippen molar-refractivity contribution < 1.29 is 0 Å². The first-order valence-corrected chi connectivity index (χ1v) is 8.96. The maximum atomic E-state index is 12.0. The number of benzene rings is 1. The van der Waals surface area contributed by atoms with E-state index in [0.29, 0.717) is 11.0 Å². The molecule has 0 radical (unpaired) electrons. The maximum absolute atomic E-state index is 12.0. The summed E-state index contributed by atoms with van der Waals surface area (Å²) in [5.41, 5.74) is 1.89. The normalized spacial score (nSPS) is 16.5. The van der Waals surface area contributed by atoms with Crippen LogP contribution in [0.4, 0.5) is 0 Å². The summed E-state index contributed by atoms with van der Waals surface area (Å²) in [5.74, 6) is 1.51. The molecule has 0 bridgehead atoms. The molecule has 1 aliphatic rings. The van der Waals surface area contributed by atoms with Gasteiger partial charge >= 0.3 is 0 Å². The lowest BCUT2D eigenvalue weighted by molar-refractivity contribution is 0.185. The van der Waals surface area contributed by atoms with E-state index in [4.69, 9.17) is 0 Å². The van der Waals surface area contributed by atoms with Crippen LogP contribution in [-0.2, 0) is 12.8 Å². The lowest BCUT2D eigenvalue weighted by Gasteiger charge is -2.31. The van der Waals surface area contributed by atoms with E-state index >= 15 is 0 Å². The molecule has 0 amide bonds. The number of H-pyrrole nitrogens is 2. The molecule has 130 valence electrons. The van der Waals surface area contributed by atoms with Crippen LogP contribution in [0, 0.1) is 5.92 Å². The average molecular weight is 337 g/mol. The van der Waals surface area contributed by atoms with E-state index < -0.39 is 0 Å². The molecule has 1 fully saturated rings. The van der Waals surface area contributed by atoms with Crippen LogP contribution in [0.5, 0.6) is 0 Å². The van der Waals surface area contributed by atoms with E-state index in [1.54, 1.807) is 0 Å². The Morgan fingerprint density at radius 2 is 1.96 bits per heavy atom. The minimum absolute atomic E-state index is 0.115. The van der Waals surface area contributed by atoms with Crippen LogP contribution in [0.15, 0.2) is 41.3 Å². The van der Waals surface area contributed by atoms with Gasteiger partial charge in [-0.2, -0.15) is 5.10 Å². The van der Waals surface area contributed by atoms with Crippen molar-refractivity contribution >= 4 is 11.0 Å². The number of nitrogens with zero attached hydrogens (tertiary/aromatic N) is 3. The first-order valence-electron chi connectivity index (χ1n) is 8.96. The van der Waals surface area contributed by atoms with Crippen molar-refractivity contribution in [2.45, 2.75) is 25.7 Å². The van der Waals surface area contributed by atoms with E-state index in [2.05, 4.69) is 55.4 Å². The Labute approximate surface area is 146 Å². The topological polar surface area (TPSA) is 77.7 Å². The molecule has 6 nitrogen and oxygen atoms in total. The van der Waals surface area contributed by atoms with Crippen molar-refractivity contribution in [2.75, 3.05) is 19.6 Å². The average Bonchev–Trinajstić information content (AvgIpc) is 3.11. The van der Waals surface area contributed by atoms with E-state index in [-0.39, 0.29) is 5.56 Å². The van der Waals surface area contributed by atoms with Gasteiger partial charge in [-0.05, 0) is 43.8 Å². The number of aromatic nitrogens is 4. The number of rotatable bonds is 5. The van der Waals surface area contributed by atoms with Crippen LogP contribution in [0.25, 0.3) is 11.0 Å². The SMILES string of the molecule is O=c1[nH]c(CCN2CCC(Cc3ccccc3)CC2)nc2[nH]ncc12. The van der Waals surface area contributed by atoms with E-state index in [1.807, 2.05) is 0 Å². The van der Waals surface area contributed by atoms with Crippen molar-refractivity contribution in [1.29, 1.82) is 0 Å². The largest absolute Gasteiger partial charge is 0.310 e. The molecule has 0 saturated carbocycles. The third kappa shape index (κ3) is 3.79. The zero-order chi connectivity index (χ0) is 17.1. The summed E-state index contributed by atoms with van der Waals surface area (Å²) in [6, 6.07) is 10.8. The molecule has 2 aromatic heterocycles. The van der Waals surface area contributed by atoms with Crippen molar-refractivity contribution in [3.63, 3.8) is 0 Å². The quantitative estimate of drug-likeness (QED) is 0.748. The molecule has 4 rings (SSSR count). The number of aromatic amines is 2. The molecule has 3 aromatic rings. The lowest BCUT2D eigenvalue weighted by Crippen LogP contribution is -2.36. The van der Waals surface area contributed by atoms with Gasteiger partial charge in [-0.15, -0.1) is 0 Å². The van der Waals surface area contributed by atoms with E-state index in [9.17, 15) is 4.79 Å². The van der Waals surface area contributed by atoms with Crippen LogP contribution in [0.3, 0.4) is 0 Å². The molecule has 1 aliphatic heterocycles. The second-order valence-corrected chi connectivity index (χ2v) is 6.87. The van der Waals surface area contributed by atoms with Gasteiger partial charge in [-0.25, -0.2) is 4.98 Å². The van der Waals surface area contributed by atoms with Crippen molar-refractivity contribution in [3.8, 4) is 0 Å². The molecular weight excluding hydrogens is 314 g/mol. The fourth-order valence-electron chi connectivity index (χ4n) is 3.64. The molecular formula is C19H23N5O. The van der Waals surface area contributed by atoms with Crippen LogP contribution in [0.2, 0.25) is 0 Å². The Hall–Kier alpha value is -2.47. The molecule has 25 heavy (non-hydrogen) atoms. The smallest absolute Gasteiger partial charge is 0.262 e. The molecule has 3 heterocycles. The van der Waals surface area contributed by atoms with E-state index in [1.165, 1.54) is 31.0 Å². The molecule has 2 N–H and O–H groups in total. The molecule has 0 spiro atoms. The van der Waals surface area contributed by atoms with Crippen molar-refractivity contribution in [3.05, 3.63) is 58.3 Å². The van der Waals surface area contributed by atoms with Gasteiger partial charge in [-0.3, -0.25) is 9.89 Å². The summed E-state index contributed by atoms with van der Waals surface area (Å²) in [6.45, 7) is 3.17. The minimum atomic E-state index is -0.115. The van der Waals surface area contributed by atoms with Gasteiger partial charge < -0.3 is 9.88 Å². The van der Waals surface area contributed by atoms with Gasteiger partial charge in [0.1, 0.15) is 11.2 Å². The molecule has 1 aromatic carbocycles. The fraction of sp³-hybridized carbons (Fsp3) is 0.421. The molecule has 1 saturated heterocycles. The highest BCUT2D eigenvalue weighted by molar-refractivity contribution is 5.71. The van der Waals surface area contributed by atoms with Crippen LogP contribution in [-0.4, -0.2) is 44.7 Å². The summed E-state index contributed by atoms with van der Waals surface area (Å²) in [6.07, 6.45) is 5.92. The van der Waals surface area contributed by atoms with E-state index in [0.717, 1.165) is 37.8 Å². The highest BCUT2D eigenvalue weighted by Crippen LogP contribution is 2.21. The minimum Gasteiger partial charge on any atom is -0.310 e. The standard InChI is InChI=1S/C19H23N5O/c25-19-16-13-20-23-18(16)21-17(22-19)8-11-24-9-6-15(7-10-24)12-14-4-2-1-3-5-14/h1-5,13,15H,6-12H2,(H2,20,21,22,23,25). The third-order valence-corrected chi connectivity index (χ3v) is 5.11. The zero-order valence-corrected chi connectivity index (χ0v) is 14.2. The Balaban J connectivity index is 1.29. The fourth-order valence-corrected chi connectivity index (χ4v) is 3.64. The summed E-state index contributed by atoms with van der Waals surface area (Å²) < 4.78 is 0. The van der Waals surface area contributed by atoms with Gasteiger partial charge in [0.15, 0.2) is 5.65 Å². The van der Waals surface area contributed by atoms with Crippen molar-refractivity contribution in [2.24, 2.45) is 5.92 Å². The Morgan fingerprint density at radius 3 is 2.76 bits per heavy atom. The monoisotopic (exact) mass is 337 g/mol. The van der Waals surface area contributed by atoms with Crippen LogP contribution < -0.4 is 5.56 Å². The third-order valence-electron chi connectivity index (χ3n) is 5.11. The van der Waals surface area contributed by atoms with Gasteiger partial charge in [0, 0.05) is 13.0 Å². The Kier molecular flexibility index (Phi) is 4.61. The molecule has 0 unspecified atom stereocenters. The van der Waals surface area contributed by atoms with Crippen LogP contribution >= 0.6 is 0 Å². The van der Waals surface area contributed by atoms with Crippen LogP contribution in [0.1, 0.15) is 24.2 Å². The highest BCUT2D eigenvalue weighted by Gasteiger charge is 2.19. The first-order chi connectivity index (χ1) is 12.3. The number of likely N-dealkylation sites (tertiary alicyclic amines) is 1. The summed E-state index contributed by atoms with van der Waals surface area (Å²) in [5, 5.41) is 7.17. The number of nitrogens with one attached hydrogen (secondary N) is 2. The summed E-state index contributed by atoms with van der Waals surface area (Å²) in [7, 11) is 0. The number of hydrogen-bond acceptors (Lipinski definition) is 4. The molecule has 6 heteroatoms. The number of hydrogen-bond donors (Lipinski definition) is 2. The van der Waals surface area contributed by atoms with Gasteiger partial charge in [0.25, 0.3) is 5.56 Å². The van der Waals surface area contributed by atoms with Crippen molar-refractivity contribution in [1.82, 2.24) is 25.1 Å². The second-order valence-electron chi connectivity index (χ2n) is 6.87. The Bertz CT molecular complexity index is 877. The first kappa shape index (κ1) is 16.0.